The lowest BCUT2D eigenvalue weighted by molar-refractivity contribution is 0.204. The first-order valence-electron chi connectivity index (χ1n) is 4.42. The van der Waals surface area contributed by atoms with Gasteiger partial charge in [0.05, 0.1) is 12.0 Å². The third-order valence-electron chi connectivity index (χ3n) is 2.26. The van der Waals surface area contributed by atoms with E-state index in [2.05, 4.69) is 16.9 Å². The van der Waals surface area contributed by atoms with Crippen molar-refractivity contribution in [2.75, 3.05) is 19.6 Å². The summed E-state index contributed by atoms with van der Waals surface area (Å²) in [7, 11) is 0. The maximum Gasteiger partial charge on any atom is 0.0669 e. The van der Waals surface area contributed by atoms with Gasteiger partial charge in [-0.25, -0.2) is 0 Å². The van der Waals surface area contributed by atoms with Gasteiger partial charge in [0.25, 0.3) is 0 Å². The Labute approximate surface area is 74.2 Å². The zero-order valence-electron chi connectivity index (χ0n) is 7.29. The second-order valence-corrected chi connectivity index (χ2v) is 3.22. The van der Waals surface area contributed by atoms with E-state index in [4.69, 9.17) is 11.7 Å². The molecule has 1 rings (SSSR count). The summed E-state index contributed by atoms with van der Waals surface area (Å²) in [6, 6.07) is 2.32. The molecule has 1 atom stereocenters. The first-order chi connectivity index (χ1) is 5.86. The van der Waals surface area contributed by atoms with Crippen LogP contribution in [0.4, 0.5) is 0 Å². The maximum atomic E-state index is 8.72. The first-order valence-corrected chi connectivity index (χ1v) is 4.42. The quantitative estimate of drug-likeness (QED) is 0.571. The summed E-state index contributed by atoms with van der Waals surface area (Å²) in [5.74, 6) is 2.86. The van der Waals surface area contributed by atoms with E-state index >= 15 is 0 Å². The highest BCUT2D eigenvalue weighted by Gasteiger charge is 2.18. The second-order valence-electron chi connectivity index (χ2n) is 3.22. The number of hydrogen-bond donors (Lipinski definition) is 0. The number of hydrogen-bond acceptors (Lipinski definition) is 2. The van der Waals surface area contributed by atoms with E-state index in [-0.39, 0.29) is 5.92 Å². The highest BCUT2D eigenvalue weighted by molar-refractivity contribution is 4.90. The molecule has 1 unspecified atom stereocenters. The standard InChI is InChI=1S/C10H14N2/c1-2-3-6-12-7-4-5-10(8-11)9-12/h1,10H,3-7,9H2. The highest BCUT2D eigenvalue weighted by atomic mass is 15.1. The molecule has 2 heteroatoms. The third kappa shape index (κ3) is 2.57. The maximum absolute atomic E-state index is 8.72. The molecule has 1 fully saturated rings. The van der Waals surface area contributed by atoms with Gasteiger partial charge < -0.3 is 4.90 Å². The summed E-state index contributed by atoms with van der Waals surface area (Å²) in [4.78, 5) is 2.29. The average Bonchev–Trinajstić information content (AvgIpc) is 2.15. The van der Waals surface area contributed by atoms with Crippen LogP contribution in [0.15, 0.2) is 0 Å². The second kappa shape index (κ2) is 4.80. The third-order valence-corrected chi connectivity index (χ3v) is 2.26. The Balaban J connectivity index is 2.28. The van der Waals surface area contributed by atoms with Crippen molar-refractivity contribution >= 4 is 0 Å². The van der Waals surface area contributed by atoms with Gasteiger partial charge in [-0.1, -0.05) is 0 Å². The molecule has 0 aromatic rings. The molecule has 1 aliphatic heterocycles. The van der Waals surface area contributed by atoms with Crippen molar-refractivity contribution in [1.29, 1.82) is 5.26 Å². The van der Waals surface area contributed by atoms with Gasteiger partial charge in [0.15, 0.2) is 0 Å². The van der Waals surface area contributed by atoms with Gasteiger partial charge in [0.2, 0.25) is 0 Å². The Morgan fingerprint density at radius 2 is 2.42 bits per heavy atom. The van der Waals surface area contributed by atoms with Crippen molar-refractivity contribution in [2.24, 2.45) is 5.92 Å². The van der Waals surface area contributed by atoms with Crippen LogP contribution in [-0.2, 0) is 0 Å². The van der Waals surface area contributed by atoms with Crippen LogP contribution >= 0.6 is 0 Å². The summed E-state index contributed by atoms with van der Waals surface area (Å²) >= 11 is 0. The Morgan fingerprint density at radius 3 is 3.08 bits per heavy atom. The fourth-order valence-electron chi connectivity index (χ4n) is 1.59. The van der Waals surface area contributed by atoms with Crippen LogP contribution in [0, 0.1) is 29.6 Å². The molecule has 0 aromatic carbocycles. The summed E-state index contributed by atoms with van der Waals surface area (Å²) in [5.41, 5.74) is 0. The summed E-state index contributed by atoms with van der Waals surface area (Å²) in [6.07, 6.45) is 8.18. The normalized spacial score (nSPS) is 24.3. The predicted molar refractivity (Wildman–Crippen MR) is 48.2 cm³/mol. The lowest BCUT2D eigenvalue weighted by atomic mass is 10.00. The number of nitriles is 1. The van der Waals surface area contributed by atoms with Gasteiger partial charge in [0.1, 0.15) is 0 Å². The fraction of sp³-hybridized carbons (Fsp3) is 0.700. The first kappa shape index (κ1) is 9.10. The topological polar surface area (TPSA) is 27.0 Å². The molecule has 0 amide bonds. The van der Waals surface area contributed by atoms with Gasteiger partial charge >= 0.3 is 0 Å². The van der Waals surface area contributed by atoms with Gasteiger partial charge in [0, 0.05) is 19.5 Å². The van der Waals surface area contributed by atoms with Crippen molar-refractivity contribution in [3.8, 4) is 18.4 Å². The van der Waals surface area contributed by atoms with Crippen molar-refractivity contribution < 1.29 is 0 Å². The molecule has 0 bridgehead atoms. The molecule has 2 nitrogen and oxygen atoms in total. The molecule has 0 N–H and O–H groups in total. The largest absolute Gasteiger partial charge is 0.301 e. The number of terminal acetylenes is 1. The zero-order chi connectivity index (χ0) is 8.81. The van der Waals surface area contributed by atoms with Crippen molar-refractivity contribution in [3.05, 3.63) is 0 Å². The van der Waals surface area contributed by atoms with E-state index < -0.39 is 0 Å². The van der Waals surface area contributed by atoms with Crippen LogP contribution in [0.3, 0.4) is 0 Å². The average molecular weight is 162 g/mol. The Hall–Kier alpha value is -0.990. The van der Waals surface area contributed by atoms with Crippen LogP contribution < -0.4 is 0 Å². The van der Waals surface area contributed by atoms with Crippen LogP contribution in [0.2, 0.25) is 0 Å². The van der Waals surface area contributed by atoms with Crippen LogP contribution in [0.5, 0.6) is 0 Å². The van der Waals surface area contributed by atoms with Crippen LogP contribution in [0.25, 0.3) is 0 Å². The molecule has 64 valence electrons. The monoisotopic (exact) mass is 162 g/mol. The molecule has 1 saturated heterocycles. The SMILES string of the molecule is C#CCCN1CCCC(C#N)C1. The Morgan fingerprint density at radius 1 is 1.58 bits per heavy atom. The summed E-state index contributed by atoms with van der Waals surface area (Å²) in [5, 5.41) is 8.72. The van der Waals surface area contributed by atoms with Gasteiger partial charge in [-0.2, -0.15) is 5.26 Å². The van der Waals surface area contributed by atoms with Gasteiger partial charge in [-0.15, -0.1) is 12.3 Å². The van der Waals surface area contributed by atoms with E-state index in [1.54, 1.807) is 0 Å². The van der Waals surface area contributed by atoms with Crippen molar-refractivity contribution in [3.63, 3.8) is 0 Å². The minimum atomic E-state index is 0.233. The highest BCUT2D eigenvalue weighted by Crippen LogP contribution is 2.15. The van der Waals surface area contributed by atoms with Crippen molar-refractivity contribution in [1.82, 2.24) is 4.90 Å². The number of nitrogens with zero attached hydrogens (tertiary/aromatic N) is 2. The molecule has 0 radical (unpaired) electrons. The smallest absolute Gasteiger partial charge is 0.0669 e. The fourth-order valence-corrected chi connectivity index (χ4v) is 1.59. The molecule has 0 saturated carbocycles. The minimum Gasteiger partial charge on any atom is -0.301 e. The molecular weight excluding hydrogens is 148 g/mol. The Bertz CT molecular complexity index is 209. The van der Waals surface area contributed by atoms with Gasteiger partial charge in [-0.3, -0.25) is 0 Å². The number of likely N-dealkylation sites (tertiary alicyclic amines) is 1. The van der Waals surface area contributed by atoms with E-state index in [0.29, 0.717) is 0 Å². The molecule has 0 aliphatic carbocycles. The van der Waals surface area contributed by atoms with E-state index in [1.807, 2.05) is 0 Å². The molecule has 12 heavy (non-hydrogen) atoms. The van der Waals surface area contributed by atoms with Crippen molar-refractivity contribution in [2.45, 2.75) is 19.3 Å². The van der Waals surface area contributed by atoms with Crippen LogP contribution in [0.1, 0.15) is 19.3 Å². The van der Waals surface area contributed by atoms with Crippen LogP contribution in [-0.4, -0.2) is 24.5 Å². The summed E-state index contributed by atoms with van der Waals surface area (Å²) in [6.45, 7) is 2.98. The number of piperidine rings is 1. The number of rotatable bonds is 2. The minimum absolute atomic E-state index is 0.233. The lowest BCUT2D eigenvalue weighted by Gasteiger charge is -2.28. The molecule has 0 aromatic heterocycles. The van der Waals surface area contributed by atoms with E-state index in [1.165, 1.54) is 0 Å². The molecule has 1 heterocycles. The molecular formula is C10H14N2. The lowest BCUT2D eigenvalue weighted by Crippen LogP contribution is -2.35. The van der Waals surface area contributed by atoms with E-state index in [0.717, 1.165) is 38.9 Å². The molecule has 1 aliphatic rings. The van der Waals surface area contributed by atoms with E-state index in [9.17, 15) is 0 Å². The van der Waals surface area contributed by atoms with Gasteiger partial charge in [-0.05, 0) is 19.4 Å². The Kier molecular flexibility index (Phi) is 3.64. The predicted octanol–water partition coefficient (Wildman–Crippen LogP) is 1.25. The summed E-state index contributed by atoms with van der Waals surface area (Å²) < 4.78 is 0. The molecule has 0 spiro atoms. The zero-order valence-corrected chi connectivity index (χ0v) is 7.29.